The molecule has 0 atom stereocenters. The topological polar surface area (TPSA) is 18.5 Å². The zero-order chi connectivity index (χ0) is 16.0. The zero-order valence-electron chi connectivity index (χ0n) is 14.1. The molecule has 4 heteroatoms. The Morgan fingerprint density at radius 2 is 1.14 bits per heavy atom. The standard InChI is InChI=1S/C18H23N3S/c1-11-15(20(3)4)9-7-13-17(11)22-18-12(2)16(21(5)6)10-8-14(18)19-13/h7-10,19H,1-6H3. The van der Waals surface area contributed by atoms with Crippen LogP contribution in [0.25, 0.3) is 0 Å². The molecule has 0 saturated carbocycles. The predicted octanol–water partition coefficient (Wildman–Crippen LogP) is 4.64. The Morgan fingerprint density at radius 1 is 0.727 bits per heavy atom. The van der Waals surface area contributed by atoms with E-state index in [-0.39, 0.29) is 0 Å². The normalized spacial score (nSPS) is 12.3. The van der Waals surface area contributed by atoms with Crippen molar-refractivity contribution in [2.24, 2.45) is 0 Å². The van der Waals surface area contributed by atoms with Crippen LogP contribution in [-0.2, 0) is 0 Å². The number of benzene rings is 2. The maximum Gasteiger partial charge on any atom is 0.0530 e. The van der Waals surface area contributed by atoms with Crippen LogP contribution >= 0.6 is 11.8 Å². The average Bonchev–Trinajstić information content (AvgIpc) is 2.46. The van der Waals surface area contributed by atoms with Crippen LogP contribution in [0, 0.1) is 13.8 Å². The summed E-state index contributed by atoms with van der Waals surface area (Å²) in [6, 6.07) is 8.74. The van der Waals surface area contributed by atoms with E-state index in [2.05, 4.69) is 81.4 Å². The van der Waals surface area contributed by atoms with Crippen LogP contribution in [0.5, 0.6) is 0 Å². The molecule has 0 saturated heterocycles. The Morgan fingerprint density at radius 3 is 1.50 bits per heavy atom. The fraction of sp³-hybridized carbons (Fsp3) is 0.333. The van der Waals surface area contributed by atoms with Gasteiger partial charge in [0, 0.05) is 49.4 Å². The molecule has 2 aromatic carbocycles. The Kier molecular flexibility index (Phi) is 3.73. The Bertz CT molecular complexity index is 674. The highest BCUT2D eigenvalue weighted by Gasteiger charge is 2.22. The highest BCUT2D eigenvalue weighted by Crippen LogP contribution is 2.50. The Hall–Kier alpha value is -1.81. The first-order valence-corrected chi connectivity index (χ1v) is 8.28. The fourth-order valence-electron chi connectivity index (χ4n) is 3.04. The lowest BCUT2D eigenvalue weighted by molar-refractivity contribution is 1.08. The average molecular weight is 313 g/mol. The van der Waals surface area contributed by atoms with Gasteiger partial charge in [-0.3, -0.25) is 0 Å². The zero-order valence-corrected chi connectivity index (χ0v) is 14.9. The van der Waals surface area contributed by atoms with E-state index in [4.69, 9.17) is 0 Å². The van der Waals surface area contributed by atoms with Crippen molar-refractivity contribution in [1.82, 2.24) is 0 Å². The molecule has 0 bridgehead atoms. The van der Waals surface area contributed by atoms with E-state index in [0.717, 1.165) is 0 Å². The molecule has 2 aromatic rings. The number of anilines is 4. The third-order valence-electron chi connectivity index (χ3n) is 4.19. The van der Waals surface area contributed by atoms with Crippen molar-refractivity contribution >= 4 is 34.5 Å². The van der Waals surface area contributed by atoms with Crippen LogP contribution in [0.4, 0.5) is 22.7 Å². The summed E-state index contributed by atoms with van der Waals surface area (Å²) in [4.78, 5) is 7.01. The van der Waals surface area contributed by atoms with Gasteiger partial charge in [-0.1, -0.05) is 11.8 Å². The maximum absolute atomic E-state index is 3.60. The molecule has 0 amide bonds. The van der Waals surface area contributed by atoms with Crippen LogP contribution in [0.3, 0.4) is 0 Å². The van der Waals surface area contributed by atoms with Crippen molar-refractivity contribution in [3.05, 3.63) is 35.4 Å². The molecular weight excluding hydrogens is 290 g/mol. The van der Waals surface area contributed by atoms with Gasteiger partial charge in [0.1, 0.15) is 0 Å². The van der Waals surface area contributed by atoms with E-state index in [1.54, 1.807) is 0 Å². The molecule has 1 N–H and O–H groups in total. The van der Waals surface area contributed by atoms with Crippen LogP contribution in [0.15, 0.2) is 34.1 Å². The second kappa shape index (κ2) is 5.43. The number of hydrogen-bond donors (Lipinski definition) is 1. The van der Waals surface area contributed by atoms with E-state index < -0.39 is 0 Å². The molecule has 0 aliphatic carbocycles. The molecular formula is C18H23N3S. The maximum atomic E-state index is 3.60. The van der Waals surface area contributed by atoms with Crippen LogP contribution in [0.2, 0.25) is 0 Å². The van der Waals surface area contributed by atoms with Crippen LogP contribution in [-0.4, -0.2) is 28.2 Å². The monoisotopic (exact) mass is 313 g/mol. The Balaban J connectivity index is 2.12. The minimum Gasteiger partial charge on any atom is -0.377 e. The number of hydrogen-bond acceptors (Lipinski definition) is 4. The number of fused-ring (bicyclic) bond motifs is 2. The van der Waals surface area contributed by atoms with Gasteiger partial charge in [0.15, 0.2) is 0 Å². The lowest BCUT2D eigenvalue weighted by Crippen LogP contribution is -2.13. The lowest BCUT2D eigenvalue weighted by atomic mass is 10.1. The summed E-state index contributed by atoms with van der Waals surface area (Å²) in [5.74, 6) is 0. The summed E-state index contributed by atoms with van der Waals surface area (Å²) in [5.41, 5.74) is 7.63. The van der Waals surface area contributed by atoms with Gasteiger partial charge in [-0.25, -0.2) is 0 Å². The van der Waals surface area contributed by atoms with Crippen LogP contribution < -0.4 is 15.1 Å². The number of rotatable bonds is 2. The lowest BCUT2D eigenvalue weighted by Gasteiger charge is -2.28. The molecule has 116 valence electrons. The molecule has 0 radical (unpaired) electrons. The smallest absolute Gasteiger partial charge is 0.0530 e. The van der Waals surface area contributed by atoms with Gasteiger partial charge in [-0.15, -0.1) is 0 Å². The molecule has 1 aliphatic heterocycles. The molecule has 0 unspecified atom stereocenters. The van der Waals surface area contributed by atoms with E-state index in [0.29, 0.717) is 0 Å². The molecule has 0 spiro atoms. The SMILES string of the molecule is Cc1c(N(C)C)ccc2c1Sc1c(ccc(N(C)C)c1C)N2. The summed E-state index contributed by atoms with van der Waals surface area (Å²) >= 11 is 1.88. The van der Waals surface area contributed by atoms with Gasteiger partial charge >= 0.3 is 0 Å². The van der Waals surface area contributed by atoms with Gasteiger partial charge in [-0.05, 0) is 49.2 Å². The minimum absolute atomic E-state index is 1.21. The van der Waals surface area contributed by atoms with Gasteiger partial charge in [0.05, 0.1) is 11.4 Å². The van der Waals surface area contributed by atoms with Gasteiger partial charge in [0.25, 0.3) is 0 Å². The number of nitrogens with one attached hydrogen (secondary N) is 1. The van der Waals surface area contributed by atoms with E-state index in [9.17, 15) is 0 Å². The van der Waals surface area contributed by atoms with Crippen molar-refractivity contribution < 1.29 is 0 Å². The van der Waals surface area contributed by atoms with Crippen molar-refractivity contribution in [3.63, 3.8) is 0 Å². The molecule has 3 nitrogen and oxygen atoms in total. The van der Waals surface area contributed by atoms with Gasteiger partial charge in [-0.2, -0.15) is 0 Å². The van der Waals surface area contributed by atoms with Gasteiger partial charge < -0.3 is 15.1 Å². The molecule has 0 fully saturated rings. The van der Waals surface area contributed by atoms with E-state index in [1.807, 2.05) is 11.8 Å². The minimum atomic E-state index is 1.21. The highest BCUT2D eigenvalue weighted by molar-refractivity contribution is 7.99. The Labute approximate surface area is 137 Å². The highest BCUT2D eigenvalue weighted by atomic mass is 32.2. The van der Waals surface area contributed by atoms with Crippen LogP contribution in [0.1, 0.15) is 11.1 Å². The van der Waals surface area contributed by atoms with Crippen molar-refractivity contribution in [1.29, 1.82) is 0 Å². The molecule has 0 aromatic heterocycles. The second-order valence-electron chi connectivity index (χ2n) is 6.19. The summed E-state index contributed by atoms with van der Waals surface area (Å²) in [6.45, 7) is 4.41. The fourth-order valence-corrected chi connectivity index (χ4v) is 4.22. The first kappa shape index (κ1) is 15.1. The third-order valence-corrected chi connectivity index (χ3v) is 5.65. The van der Waals surface area contributed by atoms with Crippen molar-refractivity contribution in [3.8, 4) is 0 Å². The summed E-state index contributed by atoms with van der Waals surface area (Å²) in [6.07, 6.45) is 0. The van der Waals surface area contributed by atoms with E-state index >= 15 is 0 Å². The molecule has 1 aliphatic rings. The summed E-state index contributed by atoms with van der Waals surface area (Å²) in [5, 5.41) is 3.60. The molecule has 3 rings (SSSR count). The third kappa shape index (κ3) is 2.31. The summed E-state index contributed by atoms with van der Waals surface area (Å²) < 4.78 is 0. The first-order chi connectivity index (χ1) is 10.4. The molecule has 22 heavy (non-hydrogen) atoms. The first-order valence-electron chi connectivity index (χ1n) is 7.47. The summed E-state index contributed by atoms with van der Waals surface area (Å²) in [7, 11) is 8.38. The number of nitrogens with zero attached hydrogens (tertiary/aromatic N) is 2. The predicted molar refractivity (Wildman–Crippen MR) is 98.4 cm³/mol. The second-order valence-corrected chi connectivity index (χ2v) is 7.21. The van der Waals surface area contributed by atoms with Gasteiger partial charge in [0.2, 0.25) is 0 Å². The molecule has 1 heterocycles. The van der Waals surface area contributed by atoms with Crippen molar-refractivity contribution in [2.75, 3.05) is 43.3 Å². The largest absolute Gasteiger partial charge is 0.377 e. The quantitative estimate of drug-likeness (QED) is 0.742. The van der Waals surface area contributed by atoms with Crippen molar-refractivity contribution in [2.45, 2.75) is 23.6 Å². The van der Waals surface area contributed by atoms with E-state index in [1.165, 1.54) is 43.7 Å².